The molecule has 0 amide bonds. The number of aryl methyl sites for hydroxylation is 1. The Morgan fingerprint density at radius 3 is 2.94 bits per heavy atom. The Bertz CT molecular complexity index is 583. The molecule has 0 saturated heterocycles. The summed E-state index contributed by atoms with van der Waals surface area (Å²) in [6.07, 6.45) is 4.39. The molecule has 1 aromatic heterocycles. The molecule has 0 spiro atoms. The van der Waals surface area contributed by atoms with Crippen molar-refractivity contribution in [1.29, 1.82) is 5.26 Å². The van der Waals surface area contributed by atoms with Crippen molar-refractivity contribution in [3.63, 3.8) is 0 Å². The maximum absolute atomic E-state index is 13.3. The SMILES string of the molecule is Cn1ccnc1CCNc1ccc(C#N)c(F)c1. The van der Waals surface area contributed by atoms with Crippen LogP contribution in [0.25, 0.3) is 0 Å². The lowest BCUT2D eigenvalue weighted by Gasteiger charge is -2.07. The number of nitriles is 1. The van der Waals surface area contributed by atoms with Crippen LogP contribution in [0.15, 0.2) is 30.6 Å². The molecule has 1 N–H and O–H groups in total. The minimum atomic E-state index is -0.500. The van der Waals surface area contributed by atoms with Gasteiger partial charge in [0.1, 0.15) is 17.7 Å². The van der Waals surface area contributed by atoms with Crippen molar-refractivity contribution in [3.8, 4) is 6.07 Å². The molecule has 0 saturated carbocycles. The zero-order chi connectivity index (χ0) is 13.0. The maximum atomic E-state index is 13.3. The first-order chi connectivity index (χ1) is 8.70. The van der Waals surface area contributed by atoms with Gasteiger partial charge in [-0.15, -0.1) is 0 Å². The van der Waals surface area contributed by atoms with E-state index in [1.807, 2.05) is 17.8 Å². The van der Waals surface area contributed by atoms with Crippen LogP contribution in [0.5, 0.6) is 0 Å². The molecule has 0 aliphatic rings. The predicted octanol–water partition coefficient (Wildman–Crippen LogP) is 2.09. The number of benzene rings is 1. The quantitative estimate of drug-likeness (QED) is 0.896. The lowest BCUT2D eigenvalue weighted by molar-refractivity contribution is 0.624. The fraction of sp³-hybridized carbons (Fsp3) is 0.231. The molecular weight excluding hydrogens is 231 g/mol. The highest BCUT2D eigenvalue weighted by atomic mass is 19.1. The fourth-order valence-corrected chi connectivity index (χ4v) is 1.67. The molecule has 5 heteroatoms. The van der Waals surface area contributed by atoms with E-state index in [0.29, 0.717) is 12.2 Å². The number of aromatic nitrogens is 2. The van der Waals surface area contributed by atoms with Crippen LogP contribution in [-0.4, -0.2) is 16.1 Å². The van der Waals surface area contributed by atoms with E-state index in [0.717, 1.165) is 12.2 Å². The summed E-state index contributed by atoms with van der Waals surface area (Å²) < 4.78 is 15.3. The van der Waals surface area contributed by atoms with Crippen molar-refractivity contribution in [2.75, 3.05) is 11.9 Å². The number of hydrogen-bond donors (Lipinski definition) is 1. The van der Waals surface area contributed by atoms with E-state index in [1.165, 1.54) is 12.1 Å². The van der Waals surface area contributed by atoms with Crippen molar-refractivity contribution in [2.45, 2.75) is 6.42 Å². The summed E-state index contributed by atoms with van der Waals surface area (Å²) in [6, 6.07) is 6.29. The molecule has 2 rings (SSSR count). The number of imidazole rings is 1. The minimum Gasteiger partial charge on any atom is -0.385 e. The molecule has 0 atom stereocenters. The van der Waals surface area contributed by atoms with Gasteiger partial charge in [-0.1, -0.05) is 0 Å². The molecule has 0 unspecified atom stereocenters. The summed E-state index contributed by atoms with van der Waals surface area (Å²) in [6.45, 7) is 0.663. The van der Waals surface area contributed by atoms with Crippen LogP contribution in [0.2, 0.25) is 0 Å². The van der Waals surface area contributed by atoms with Crippen LogP contribution in [0.1, 0.15) is 11.4 Å². The number of halogens is 1. The molecule has 4 nitrogen and oxygen atoms in total. The summed E-state index contributed by atoms with van der Waals surface area (Å²) in [5.74, 6) is 0.469. The van der Waals surface area contributed by atoms with Crippen LogP contribution in [-0.2, 0) is 13.5 Å². The van der Waals surface area contributed by atoms with Crippen molar-refractivity contribution in [2.24, 2.45) is 7.05 Å². The van der Waals surface area contributed by atoms with Gasteiger partial charge in [-0.2, -0.15) is 5.26 Å². The lowest BCUT2D eigenvalue weighted by atomic mass is 10.2. The van der Waals surface area contributed by atoms with E-state index in [1.54, 1.807) is 18.3 Å². The second-order valence-corrected chi connectivity index (χ2v) is 3.94. The highest BCUT2D eigenvalue weighted by Crippen LogP contribution is 2.13. The number of rotatable bonds is 4. The second kappa shape index (κ2) is 5.32. The largest absolute Gasteiger partial charge is 0.385 e. The fourth-order valence-electron chi connectivity index (χ4n) is 1.67. The smallest absolute Gasteiger partial charge is 0.143 e. The molecule has 0 aliphatic heterocycles. The summed E-state index contributed by atoms with van der Waals surface area (Å²) in [7, 11) is 1.93. The van der Waals surface area contributed by atoms with Crippen molar-refractivity contribution >= 4 is 5.69 Å². The Kier molecular flexibility index (Phi) is 3.58. The van der Waals surface area contributed by atoms with Crippen LogP contribution >= 0.6 is 0 Å². The van der Waals surface area contributed by atoms with E-state index in [2.05, 4.69) is 10.3 Å². The molecule has 0 bridgehead atoms. The monoisotopic (exact) mass is 244 g/mol. The van der Waals surface area contributed by atoms with Crippen molar-refractivity contribution in [1.82, 2.24) is 9.55 Å². The zero-order valence-corrected chi connectivity index (χ0v) is 10.0. The molecule has 18 heavy (non-hydrogen) atoms. The zero-order valence-electron chi connectivity index (χ0n) is 10.0. The first-order valence-electron chi connectivity index (χ1n) is 5.60. The van der Waals surface area contributed by atoms with Gasteiger partial charge in [0.2, 0.25) is 0 Å². The molecular formula is C13H13FN4. The van der Waals surface area contributed by atoms with Crippen molar-refractivity contribution < 1.29 is 4.39 Å². The van der Waals surface area contributed by atoms with Gasteiger partial charge in [0.05, 0.1) is 5.56 Å². The Morgan fingerprint density at radius 1 is 1.50 bits per heavy atom. The molecule has 0 radical (unpaired) electrons. The number of nitrogens with zero attached hydrogens (tertiary/aromatic N) is 3. The number of hydrogen-bond acceptors (Lipinski definition) is 3. The molecule has 92 valence electrons. The van der Waals surface area contributed by atoms with Crippen LogP contribution in [0.3, 0.4) is 0 Å². The minimum absolute atomic E-state index is 0.0599. The van der Waals surface area contributed by atoms with Gasteiger partial charge in [-0.3, -0.25) is 0 Å². The molecule has 1 aromatic carbocycles. The average molecular weight is 244 g/mol. The standard InChI is InChI=1S/C13H13FN4/c1-18-7-6-17-13(18)4-5-16-11-3-2-10(9-15)12(14)8-11/h2-3,6-8,16H,4-5H2,1H3. The number of nitrogens with one attached hydrogen (secondary N) is 1. The molecule has 2 aromatic rings. The van der Waals surface area contributed by atoms with E-state index < -0.39 is 5.82 Å². The van der Waals surface area contributed by atoms with E-state index in [4.69, 9.17) is 5.26 Å². The number of anilines is 1. The highest BCUT2D eigenvalue weighted by Gasteiger charge is 2.03. The highest BCUT2D eigenvalue weighted by molar-refractivity contribution is 5.48. The van der Waals surface area contributed by atoms with Crippen molar-refractivity contribution in [3.05, 3.63) is 47.8 Å². The Morgan fingerprint density at radius 2 is 2.33 bits per heavy atom. The second-order valence-electron chi connectivity index (χ2n) is 3.94. The Balaban J connectivity index is 1.93. The first-order valence-corrected chi connectivity index (χ1v) is 5.60. The normalized spacial score (nSPS) is 10.1. The van der Waals surface area contributed by atoms with Crippen LogP contribution in [0.4, 0.5) is 10.1 Å². The van der Waals surface area contributed by atoms with Gasteiger partial charge in [0.25, 0.3) is 0 Å². The van der Waals surface area contributed by atoms with E-state index in [9.17, 15) is 4.39 Å². The summed E-state index contributed by atoms with van der Waals surface area (Å²) >= 11 is 0. The third-order valence-corrected chi connectivity index (χ3v) is 2.69. The molecule has 0 fully saturated rings. The van der Waals surface area contributed by atoms with Crippen LogP contribution in [0, 0.1) is 17.1 Å². The first kappa shape index (κ1) is 12.1. The van der Waals surface area contributed by atoms with Gasteiger partial charge < -0.3 is 9.88 Å². The van der Waals surface area contributed by atoms with Gasteiger partial charge in [0, 0.05) is 38.1 Å². The van der Waals surface area contributed by atoms with Gasteiger partial charge in [-0.05, 0) is 18.2 Å². The predicted molar refractivity (Wildman–Crippen MR) is 66.5 cm³/mol. The van der Waals surface area contributed by atoms with Crippen LogP contribution < -0.4 is 5.32 Å². The summed E-state index contributed by atoms with van der Waals surface area (Å²) in [4.78, 5) is 4.20. The Labute approximate surface area is 105 Å². The lowest BCUT2D eigenvalue weighted by Crippen LogP contribution is -2.08. The third kappa shape index (κ3) is 2.66. The van der Waals surface area contributed by atoms with E-state index in [-0.39, 0.29) is 5.56 Å². The summed E-state index contributed by atoms with van der Waals surface area (Å²) in [5.41, 5.74) is 0.727. The maximum Gasteiger partial charge on any atom is 0.143 e. The Hall–Kier alpha value is -2.35. The van der Waals surface area contributed by atoms with E-state index >= 15 is 0 Å². The topological polar surface area (TPSA) is 53.6 Å². The molecule has 0 aliphatic carbocycles. The van der Waals surface area contributed by atoms with Gasteiger partial charge in [-0.25, -0.2) is 9.37 Å². The third-order valence-electron chi connectivity index (χ3n) is 2.69. The summed E-state index contributed by atoms with van der Waals surface area (Å²) in [5, 5.41) is 11.7. The van der Waals surface area contributed by atoms with Gasteiger partial charge in [0.15, 0.2) is 0 Å². The average Bonchev–Trinajstić information content (AvgIpc) is 2.75. The molecule has 1 heterocycles. The van der Waals surface area contributed by atoms with Gasteiger partial charge >= 0.3 is 0 Å².